The molecular formula is C17H18N2O4S2. The molecule has 1 fully saturated rings. The molecule has 132 valence electrons. The lowest BCUT2D eigenvalue weighted by molar-refractivity contribution is -0.645. The molecule has 0 bridgehead atoms. The average molecular weight is 378 g/mol. The summed E-state index contributed by atoms with van der Waals surface area (Å²) in [5.74, 6) is 0.225. The van der Waals surface area contributed by atoms with Crippen molar-refractivity contribution in [1.29, 1.82) is 0 Å². The molecule has 0 N–H and O–H groups in total. The molecule has 1 aliphatic heterocycles. The molecule has 6 nitrogen and oxygen atoms in total. The van der Waals surface area contributed by atoms with Crippen LogP contribution in [0, 0.1) is 5.21 Å². The van der Waals surface area contributed by atoms with E-state index in [2.05, 4.69) is 0 Å². The highest BCUT2D eigenvalue weighted by molar-refractivity contribution is 7.99. The van der Waals surface area contributed by atoms with Gasteiger partial charge in [0.25, 0.3) is 5.03 Å². The van der Waals surface area contributed by atoms with Crippen molar-refractivity contribution in [2.24, 2.45) is 0 Å². The number of ketones is 1. The van der Waals surface area contributed by atoms with E-state index in [0.29, 0.717) is 42.6 Å². The van der Waals surface area contributed by atoms with Gasteiger partial charge < -0.3 is 14.8 Å². The van der Waals surface area contributed by atoms with E-state index in [1.54, 1.807) is 29.2 Å². The Morgan fingerprint density at radius 3 is 2.80 bits per heavy atom. The summed E-state index contributed by atoms with van der Waals surface area (Å²) in [4.78, 5) is 27.8. The topological polar surface area (TPSA) is 73.5 Å². The van der Waals surface area contributed by atoms with Crippen LogP contribution in [0.2, 0.25) is 0 Å². The molecular weight excluding hydrogens is 360 g/mol. The maximum absolute atomic E-state index is 12.3. The Balaban J connectivity index is 1.54. The van der Waals surface area contributed by atoms with Crippen molar-refractivity contribution in [3.63, 3.8) is 0 Å². The van der Waals surface area contributed by atoms with Gasteiger partial charge in [-0.2, -0.15) is 4.73 Å². The Hall–Kier alpha value is -1.90. The number of carbonyl (C=O) groups excluding carboxylic acids is 2. The first-order valence-electron chi connectivity index (χ1n) is 7.92. The van der Waals surface area contributed by atoms with Gasteiger partial charge in [0.2, 0.25) is 5.91 Å². The second-order valence-corrected chi connectivity index (χ2v) is 7.68. The number of morpholine rings is 1. The molecule has 0 aromatic carbocycles. The third-order valence-electron chi connectivity index (χ3n) is 3.77. The first-order chi connectivity index (χ1) is 12.1. The summed E-state index contributed by atoms with van der Waals surface area (Å²) >= 11 is 2.56. The van der Waals surface area contributed by atoms with Crippen molar-refractivity contribution >= 4 is 34.8 Å². The molecule has 3 rings (SSSR count). The molecule has 0 aliphatic carbocycles. The minimum atomic E-state index is -0.0380. The molecule has 1 aliphatic rings. The van der Waals surface area contributed by atoms with Crippen molar-refractivity contribution in [3.05, 3.63) is 51.5 Å². The quantitative estimate of drug-likeness (QED) is 0.331. The number of hydrogen-bond donors (Lipinski definition) is 0. The summed E-state index contributed by atoms with van der Waals surface area (Å²) in [6.07, 6.45) is 1.72. The monoisotopic (exact) mass is 378 g/mol. The van der Waals surface area contributed by atoms with Crippen LogP contribution in [0.3, 0.4) is 0 Å². The number of carbonyl (C=O) groups is 2. The number of amides is 1. The van der Waals surface area contributed by atoms with Gasteiger partial charge in [-0.15, -0.1) is 11.3 Å². The van der Waals surface area contributed by atoms with Gasteiger partial charge >= 0.3 is 0 Å². The average Bonchev–Trinajstić information content (AvgIpc) is 3.10. The zero-order valence-corrected chi connectivity index (χ0v) is 15.2. The minimum absolute atomic E-state index is 0.0380. The van der Waals surface area contributed by atoms with Crippen LogP contribution < -0.4 is 4.73 Å². The fourth-order valence-electron chi connectivity index (χ4n) is 2.43. The van der Waals surface area contributed by atoms with Gasteiger partial charge in [-0.1, -0.05) is 0 Å². The maximum atomic E-state index is 12.3. The number of aromatic nitrogens is 1. The number of pyridine rings is 1. The lowest BCUT2D eigenvalue weighted by atomic mass is 10.3. The first-order valence-corrected chi connectivity index (χ1v) is 9.72. The zero-order chi connectivity index (χ0) is 17.6. The molecule has 0 atom stereocenters. The van der Waals surface area contributed by atoms with Crippen molar-refractivity contribution in [1.82, 2.24) is 4.90 Å². The largest absolute Gasteiger partial charge is 0.618 e. The molecule has 2 aromatic heterocycles. The number of thiophene rings is 1. The van der Waals surface area contributed by atoms with Crippen molar-refractivity contribution < 1.29 is 19.1 Å². The molecule has 3 heterocycles. The van der Waals surface area contributed by atoms with Crippen LogP contribution in [-0.4, -0.2) is 48.6 Å². The van der Waals surface area contributed by atoms with Crippen molar-refractivity contribution in [2.45, 2.75) is 11.4 Å². The number of ether oxygens (including phenoxy) is 1. The van der Waals surface area contributed by atoms with E-state index < -0.39 is 0 Å². The van der Waals surface area contributed by atoms with E-state index in [-0.39, 0.29) is 17.4 Å². The summed E-state index contributed by atoms with van der Waals surface area (Å²) in [7, 11) is 0. The fraction of sp³-hybridized carbons (Fsp3) is 0.353. The molecule has 0 saturated carbocycles. The van der Waals surface area contributed by atoms with Gasteiger partial charge in [-0.25, -0.2) is 0 Å². The zero-order valence-electron chi connectivity index (χ0n) is 13.6. The standard InChI is InChI=1S/C17H18N2O4S2/c20-14(12-24-17-3-1-2-6-19(17)22)15-5-4-13(25-15)11-16(21)18-7-9-23-10-8-18/h1-6H,7-12H2. The molecule has 8 heteroatoms. The van der Waals surface area contributed by atoms with Crippen molar-refractivity contribution in [2.75, 3.05) is 32.1 Å². The molecule has 0 radical (unpaired) electrons. The van der Waals surface area contributed by atoms with Crippen LogP contribution in [-0.2, 0) is 16.0 Å². The second-order valence-electron chi connectivity index (χ2n) is 5.51. The normalized spacial score (nSPS) is 14.5. The van der Waals surface area contributed by atoms with E-state index in [1.807, 2.05) is 6.07 Å². The highest BCUT2D eigenvalue weighted by atomic mass is 32.2. The highest BCUT2D eigenvalue weighted by Gasteiger charge is 2.19. The molecule has 0 unspecified atom stereocenters. The van der Waals surface area contributed by atoms with E-state index >= 15 is 0 Å². The van der Waals surface area contributed by atoms with Crippen molar-refractivity contribution in [3.8, 4) is 0 Å². The van der Waals surface area contributed by atoms with Gasteiger partial charge in [0, 0.05) is 30.1 Å². The fourth-order valence-corrected chi connectivity index (χ4v) is 4.26. The summed E-state index contributed by atoms with van der Waals surface area (Å²) in [6.45, 7) is 2.41. The van der Waals surface area contributed by atoms with E-state index in [0.717, 1.165) is 9.61 Å². The highest BCUT2D eigenvalue weighted by Crippen LogP contribution is 2.22. The lowest BCUT2D eigenvalue weighted by Gasteiger charge is -2.26. The molecule has 1 amide bonds. The summed E-state index contributed by atoms with van der Waals surface area (Å²) in [5.41, 5.74) is 0. The minimum Gasteiger partial charge on any atom is -0.618 e. The molecule has 2 aromatic rings. The van der Waals surface area contributed by atoms with E-state index in [1.165, 1.54) is 29.3 Å². The van der Waals surface area contributed by atoms with Crippen LogP contribution in [0.25, 0.3) is 0 Å². The molecule has 25 heavy (non-hydrogen) atoms. The van der Waals surface area contributed by atoms with Crippen LogP contribution >= 0.6 is 23.1 Å². The van der Waals surface area contributed by atoms with E-state index in [9.17, 15) is 14.8 Å². The summed E-state index contributed by atoms with van der Waals surface area (Å²) < 4.78 is 5.99. The molecule has 1 saturated heterocycles. The van der Waals surface area contributed by atoms with Gasteiger partial charge in [0.15, 0.2) is 12.0 Å². The third kappa shape index (κ3) is 4.81. The summed E-state index contributed by atoms with van der Waals surface area (Å²) in [5, 5.41) is 12.1. The van der Waals surface area contributed by atoms with E-state index in [4.69, 9.17) is 4.74 Å². The maximum Gasteiger partial charge on any atom is 0.251 e. The van der Waals surface area contributed by atoms with Gasteiger partial charge in [0.05, 0.1) is 30.3 Å². The Morgan fingerprint density at radius 2 is 2.04 bits per heavy atom. The van der Waals surface area contributed by atoms with Crippen LogP contribution in [0.15, 0.2) is 41.6 Å². The van der Waals surface area contributed by atoms with Gasteiger partial charge in [-0.05, 0) is 30.0 Å². The SMILES string of the molecule is O=C(CSc1cccc[n+]1[O-])c1ccc(CC(=O)N2CCOCC2)s1. The van der Waals surface area contributed by atoms with Crippen LogP contribution in [0.1, 0.15) is 14.5 Å². The van der Waals surface area contributed by atoms with Gasteiger partial charge in [0.1, 0.15) is 0 Å². The predicted octanol–water partition coefficient (Wildman–Crippen LogP) is 1.76. The molecule has 0 spiro atoms. The second kappa shape index (κ2) is 8.46. The predicted molar refractivity (Wildman–Crippen MR) is 95.9 cm³/mol. The number of nitrogens with zero attached hydrogens (tertiary/aromatic N) is 2. The number of hydrogen-bond acceptors (Lipinski definition) is 6. The first kappa shape index (κ1) is 17.9. The Labute approximate surface area is 154 Å². The Bertz CT molecular complexity index is 757. The summed E-state index contributed by atoms with van der Waals surface area (Å²) in [6, 6.07) is 8.69. The van der Waals surface area contributed by atoms with Gasteiger partial charge in [-0.3, -0.25) is 9.59 Å². The Kier molecular flexibility index (Phi) is 6.06. The van der Waals surface area contributed by atoms with Crippen LogP contribution in [0.4, 0.5) is 0 Å². The Morgan fingerprint density at radius 1 is 1.24 bits per heavy atom. The number of rotatable bonds is 6. The number of thioether (sulfide) groups is 1. The van der Waals surface area contributed by atoms with Crippen LogP contribution in [0.5, 0.6) is 0 Å². The smallest absolute Gasteiger partial charge is 0.251 e. The lowest BCUT2D eigenvalue weighted by Crippen LogP contribution is -2.41. The number of Topliss-reactive ketones (excluding diaryl/α,β-unsaturated/α-hetero) is 1. The third-order valence-corrected chi connectivity index (χ3v) is 5.91.